The summed E-state index contributed by atoms with van der Waals surface area (Å²) < 4.78 is 7.45. The van der Waals surface area contributed by atoms with Crippen molar-refractivity contribution in [2.75, 3.05) is 7.11 Å². The van der Waals surface area contributed by atoms with Crippen LogP contribution in [0, 0.1) is 11.3 Å². The van der Waals surface area contributed by atoms with E-state index >= 15 is 0 Å². The zero-order valence-corrected chi connectivity index (χ0v) is 12.3. The molecule has 19 heavy (non-hydrogen) atoms. The maximum absolute atomic E-state index is 8.92. The van der Waals surface area contributed by atoms with Gasteiger partial charge in [-0.3, -0.25) is 0 Å². The summed E-state index contributed by atoms with van der Waals surface area (Å²) in [4.78, 5) is 0. The molecule has 0 bridgehead atoms. The normalized spacial score (nSPS) is 10.8. The number of hydrogen-bond acceptors (Lipinski definition) is 2. The molecular formula is C16H13NOSe. The van der Waals surface area contributed by atoms with E-state index in [0.717, 1.165) is 15.8 Å². The first-order valence-corrected chi connectivity index (χ1v) is 7.52. The summed E-state index contributed by atoms with van der Waals surface area (Å²) in [5.41, 5.74) is 1.11. The Balaban J connectivity index is 2.22. The predicted octanol–water partition coefficient (Wildman–Crippen LogP) is 2.59. The van der Waals surface area contributed by atoms with Crippen LogP contribution in [0.25, 0.3) is 4.47 Å². The summed E-state index contributed by atoms with van der Waals surface area (Å²) in [6.45, 7) is 0. The summed E-state index contributed by atoms with van der Waals surface area (Å²) >= 11 is 0.114. The Morgan fingerprint density at radius 1 is 1.11 bits per heavy atom. The molecule has 0 saturated heterocycles. The number of nitrogens with zero attached hydrogens (tertiary/aromatic N) is 1. The Bertz CT molecular complexity index is 597. The summed E-state index contributed by atoms with van der Waals surface area (Å²) in [6, 6.07) is 20.2. The summed E-state index contributed by atoms with van der Waals surface area (Å²) in [5, 5.41) is 8.92. The Labute approximate surface area is 119 Å². The van der Waals surface area contributed by atoms with Crippen molar-refractivity contribution in [1.29, 1.82) is 5.26 Å². The molecule has 0 aliphatic heterocycles. The third-order valence-electron chi connectivity index (χ3n) is 2.54. The fourth-order valence-electron chi connectivity index (χ4n) is 1.60. The van der Waals surface area contributed by atoms with Crippen LogP contribution in [0.1, 0.15) is 5.56 Å². The molecule has 0 aromatic heterocycles. The monoisotopic (exact) mass is 315 g/mol. The molecule has 0 atom stereocenters. The molecule has 0 radical (unpaired) electrons. The van der Waals surface area contributed by atoms with Crippen molar-refractivity contribution < 1.29 is 4.74 Å². The Morgan fingerprint density at radius 3 is 2.37 bits per heavy atom. The molecule has 0 amide bonds. The zero-order chi connectivity index (χ0) is 13.5. The molecule has 2 aromatic rings. The molecule has 0 aliphatic rings. The average molecular weight is 314 g/mol. The van der Waals surface area contributed by atoms with Gasteiger partial charge in [-0.15, -0.1) is 0 Å². The van der Waals surface area contributed by atoms with Crippen LogP contribution in [0.3, 0.4) is 0 Å². The molecule has 0 saturated carbocycles. The van der Waals surface area contributed by atoms with Crippen LogP contribution in [0.5, 0.6) is 5.75 Å². The molecule has 0 spiro atoms. The molecule has 94 valence electrons. The van der Waals surface area contributed by atoms with Crippen LogP contribution < -0.4 is 9.20 Å². The molecule has 3 heteroatoms. The van der Waals surface area contributed by atoms with Crippen LogP contribution >= 0.6 is 0 Å². The maximum atomic E-state index is 8.92. The third-order valence-corrected chi connectivity index (χ3v) is 4.81. The molecule has 2 rings (SSSR count). The van der Waals surface area contributed by atoms with Crippen LogP contribution in [-0.2, 0) is 0 Å². The van der Waals surface area contributed by atoms with Crippen molar-refractivity contribution in [1.82, 2.24) is 0 Å². The first kappa shape index (κ1) is 13.4. The van der Waals surface area contributed by atoms with Gasteiger partial charge in [-0.25, -0.2) is 0 Å². The van der Waals surface area contributed by atoms with Gasteiger partial charge in [-0.05, 0) is 0 Å². The molecule has 0 fully saturated rings. The number of methoxy groups -OCH3 is 1. The van der Waals surface area contributed by atoms with Crippen LogP contribution in [-0.4, -0.2) is 22.1 Å². The van der Waals surface area contributed by atoms with Crippen LogP contribution in [0.2, 0.25) is 0 Å². The standard InChI is InChI=1S/C16H13NOSe/c1-18-14-7-9-15(10-8-14)19-16(11-12-17)13-5-3-2-4-6-13/h2-11H,1H3/b16-11-. The number of benzene rings is 2. The van der Waals surface area contributed by atoms with Crippen LogP contribution in [0.15, 0.2) is 60.7 Å². The zero-order valence-electron chi connectivity index (χ0n) is 10.5. The summed E-state index contributed by atoms with van der Waals surface area (Å²) in [6.07, 6.45) is 1.64. The van der Waals surface area contributed by atoms with Gasteiger partial charge in [-0.1, -0.05) is 0 Å². The average Bonchev–Trinajstić information content (AvgIpc) is 2.48. The van der Waals surface area contributed by atoms with Crippen molar-refractivity contribution in [3.8, 4) is 11.8 Å². The van der Waals surface area contributed by atoms with E-state index in [1.165, 1.54) is 4.46 Å². The van der Waals surface area contributed by atoms with E-state index in [9.17, 15) is 0 Å². The van der Waals surface area contributed by atoms with Crippen molar-refractivity contribution in [3.63, 3.8) is 0 Å². The quantitative estimate of drug-likeness (QED) is 0.642. The Morgan fingerprint density at radius 2 is 1.79 bits per heavy atom. The van der Waals surface area contributed by atoms with Crippen molar-refractivity contribution in [3.05, 3.63) is 66.2 Å². The van der Waals surface area contributed by atoms with E-state index in [0.29, 0.717) is 0 Å². The molecular weight excluding hydrogens is 301 g/mol. The second-order valence-electron chi connectivity index (χ2n) is 3.78. The minimum atomic E-state index is 0.114. The van der Waals surface area contributed by atoms with Gasteiger partial charge in [-0.2, -0.15) is 0 Å². The van der Waals surface area contributed by atoms with E-state index in [1.807, 2.05) is 54.6 Å². The van der Waals surface area contributed by atoms with Gasteiger partial charge >= 0.3 is 119 Å². The van der Waals surface area contributed by atoms with Crippen molar-refractivity contribution in [2.45, 2.75) is 0 Å². The number of hydrogen-bond donors (Lipinski definition) is 0. The Hall–Kier alpha value is -2.01. The molecule has 2 aromatic carbocycles. The molecule has 0 aliphatic carbocycles. The van der Waals surface area contributed by atoms with E-state index in [4.69, 9.17) is 10.00 Å². The molecule has 0 heterocycles. The first-order valence-electron chi connectivity index (χ1n) is 5.80. The van der Waals surface area contributed by atoms with Gasteiger partial charge in [0.05, 0.1) is 0 Å². The predicted molar refractivity (Wildman–Crippen MR) is 78.4 cm³/mol. The van der Waals surface area contributed by atoms with Gasteiger partial charge in [0.2, 0.25) is 0 Å². The fraction of sp³-hybridized carbons (Fsp3) is 0.0625. The second-order valence-corrected chi connectivity index (χ2v) is 6.12. The van der Waals surface area contributed by atoms with Crippen LogP contribution in [0.4, 0.5) is 0 Å². The fourth-order valence-corrected chi connectivity index (χ4v) is 3.47. The first-order chi connectivity index (χ1) is 9.33. The van der Waals surface area contributed by atoms with Gasteiger partial charge in [0.1, 0.15) is 0 Å². The van der Waals surface area contributed by atoms with Gasteiger partial charge in [0.15, 0.2) is 0 Å². The molecule has 2 nitrogen and oxygen atoms in total. The topological polar surface area (TPSA) is 33.0 Å². The summed E-state index contributed by atoms with van der Waals surface area (Å²) in [7, 11) is 1.66. The van der Waals surface area contributed by atoms with E-state index in [-0.39, 0.29) is 15.0 Å². The van der Waals surface area contributed by atoms with Crippen molar-refractivity contribution >= 4 is 23.9 Å². The van der Waals surface area contributed by atoms with Crippen molar-refractivity contribution in [2.24, 2.45) is 0 Å². The number of allylic oxidation sites excluding steroid dienone is 1. The second kappa shape index (κ2) is 6.80. The minimum absolute atomic E-state index is 0.114. The Kier molecular flexibility index (Phi) is 4.80. The molecule has 0 unspecified atom stereocenters. The van der Waals surface area contributed by atoms with E-state index < -0.39 is 0 Å². The van der Waals surface area contributed by atoms with E-state index in [1.54, 1.807) is 13.2 Å². The number of nitriles is 1. The van der Waals surface area contributed by atoms with E-state index in [2.05, 4.69) is 6.07 Å². The SMILES string of the molecule is COc1ccc([Se]/C(=C\C#N)c2ccccc2)cc1. The third kappa shape index (κ3) is 3.72. The number of rotatable bonds is 4. The van der Waals surface area contributed by atoms with Gasteiger partial charge < -0.3 is 0 Å². The molecule has 0 N–H and O–H groups in total. The van der Waals surface area contributed by atoms with Gasteiger partial charge in [0, 0.05) is 0 Å². The van der Waals surface area contributed by atoms with Gasteiger partial charge in [0.25, 0.3) is 0 Å². The number of ether oxygens (including phenoxy) is 1. The summed E-state index contributed by atoms with van der Waals surface area (Å²) in [5.74, 6) is 0.852.